The average Bonchev–Trinajstić information content (AvgIpc) is 2.56. The van der Waals surface area contributed by atoms with Gasteiger partial charge in [-0.1, -0.05) is 6.42 Å². The highest BCUT2D eigenvalue weighted by atomic mass is 16.4. The van der Waals surface area contributed by atoms with E-state index in [4.69, 9.17) is 10.3 Å². The summed E-state index contributed by atoms with van der Waals surface area (Å²) in [4.78, 5) is 13.6. The van der Waals surface area contributed by atoms with E-state index in [1.54, 1.807) is 6.07 Å². The first-order chi connectivity index (χ1) is 8.11. The lowest BCUT2D eigenvalue weighted by molar-refractivity contribution is 0.0924. The van der Waals surface area contributed by atoms with Gasteiger partial charge in [0.2, 0.25) is 0 Å². The Kier molecular flexibility index (Phi) is 3.49. The molecule has 1 fully saturated rings. The highest BCUT2D eigenvalue weighted by molar-refractivity contribution is 5.91. The van der Waals surface area contributed by atoms with E-state index in [-0.39, 0.29) is 11.7 Å². The van der Waals surface area contributed by atoms with Crippen LogP contribution in [-0.4, -0.2) is 23.9 Å². The van der Waals surface area contributed by atoms with Gasteiger partial charge in [0, 0.05) is 18.2 Å². The highest BCUT2D eigenvalue weighted by Crippen LogP contribution is 2.26. The van der Waals surface area contributed by atoms with Crippen LogP contribution in [-0.2, 0) is 6.54 Å². The molecule has 94 valence electrons. The lowest BCUT2D eigenvalue weighted by Gasteiger charge is -2.34. The zero-order chi connectivity index (χ0) is 12.4. The summed E-state index contributed by atoms with van der Waals surface area (Å²) in [6.45, 7) is 2.69. The summed E-state index contributed by atoms with van der Waals surface area (Å²) < 4.78 is 5.38. The average molecular weight is 237 g/mol. The van der Waals surface area contributed by atoms with Crippen molar-refractivity contribution in [3.63, 3.8) is 0 Å². The fourth-order valence-corrected chi connectivity index (χ4v) is 2.09. The van der Waals surface area contributed by atoms with Crippen LogP contribution in [0.15, 0.2) is 10.5 Å². The van der Waals surface area contributed by atoms with E-state index < -0.39 is 0 Å². The molecule has 1 aliphatic rings. The Balaban J connectivity index is 2.04. The number of amides is 1. The molecule has 2 rings (SSSR count). The summed E-state index contributed by atoms with van der Waals surface area (Å²) in [5.41, 5.74) is 3.13. The van der Waals surface area contributed by atoms with Gasteiger partial charge in [0.05, 0.1) is 0 Å². The number of hydrogen-bond donors (Lipinski definition) is 2. The topological polar surface area (TPSA) is 71.5 Å². The lowest BCUT2D eigenvalue weighted by Crippen LogP contribution is -2.36. The number of carbonyl (C=O) groups is 1. The number of nitrogens with two attached hydrogens (primary N) is 1. The Bertz CT molecular complexity index is 410. The second-order valence-corrected chi connectivity index (χ2v) is 4.67. The molecule has 1 saturated carbocycles. The number of furan rings is 1. The molecule has 3 N–H and O–H groups in total. The molecular formula is C12H19N3O2. The van der Waals surface area contributed by atoms with Crippen LogP contribution >= 0.6 is 0 Å². The monoisotopic (exact) mass is 237 g/mol. The second kappa shape index (κ2) is 4.89. The summed E-state index contributed by atoms with van der Waals surface area (Å²) in [6, 6.07) is 2.45. The summed E-state index contributed by atoms with van der Waals surface area (Å²) in [5, 5.41) is 0. The molecule has 0 unspecified atom stereocenters. The molecule has 1 aromatic rings. The quantitative estimate of drug-likeness (QED) is 0.468. The molecule has 0 spiro atoms. The van der Waals surface area contributed by atoms with Crippen LogP contribution in [0.25, 0.3) is 0 Å². The summed E-state index contributed by atoms with van der Waals surface area (Å²) in [6.07, 6.45) is 3.85. The fraction of sp³-hybridized carbons (Fsp3) is 0.583. The molecule has 5 nitrogen and oxygen atoms in total. The number of rotatable bonds is 4. The van der Waals surface area contributed by atoms with E-state index in [0.717, 1.165) is 17.9 Å². The van der Waals surface area contributed by atoms with E-state index in [2.05, 4.69) is 17.4 Å². The van der Waals surface area contributed by atoms with Gasteiger partial charge in [-0.2, -0.15) is 0 Å². The third-order valence-corrected chi connectivity index (χ3v) is 3.49. The van der Waals surface area contributed by atoms with Crippen molar-refractivity contribution in [1.82, 2.24) is 10.3 Å². The fourth-order valence-electron chi connectivity index (χ4n) is 2.09. The van der Waals surface area contributed by atoms with E-state index in [0.29, 0.717) is 6.04 Å². The largest absolute Gasteiger partial charge is 0.456 e. The van der Waals surface area contributed by atoms with Gasteiger partial charge in [-0.15, -0.1) is 0 Å². The third-order valence-electron chi connectivity index (χ3n) is 3.49. The van der Waals surface area contributed by atoms with Crippen LogP contribution < -0.4 is 11.3 Å². The molecule has 0 saturated heterocycles. The summed E-state index contributed by atoms with van der Waals surface area (Å²) in [7, 11) is 2.11. The first-order valence-corrected chi connectivity index (χ1v) is 5.92. The molecule has 0 atom stereocenters. The Morgan fingerprint density at radius 2 is 2.35 bits per heavy atom. The van der Waals surface area contributed by atoms with Gasteiger partial charge in [-0.05, 0) is 32.9 Å². The van der Waals surface area contributed by atoms with Crippen LogP contribution in [0.4, 0.5) is 0 Å². The van der Waals surface area contributed by atoms with Crippen LogP contribution in [0.1, 0.15) is 41.1 Å². The standard InChI is InChI=1S/C12H19N3O2/c1-8-9(6-11(17-8)12(16)14-13)7-15(2)10-4-3-5-10/h6,10H,3-5,7,13H2,1-2H3,(H,14,16). The predicted octanol–water partition coefficient (Wildman–Crippen LogP) is 1.18. The van der Waals surface area contributed by atoms with Gasteiger partial charge < -0.3 is 4.42 Å². The molecule has 1 aliphatic carbocycles. The molecule has 1 heterocycles. The molecule has 1 amide bonds. The van der Waals surface area contributed by atoms with Crippen molar-refractivity contribution in [2.45, 2.75) is 38.8 Å². The van der Waals surface area contributed by atoms with Crippen LogP contribution in [0, 0.1) is 6.92 Å². The summed E-state index contributed by atoms with van der Waals surface area (Å²) >= 11 is 0. The molecular weight excluding hydrogens is 218 g/mol. The molecule has 1 aromatic heterocycles. The SMILES string of the molecule is Cc1oc(C(=O)NN)cc1CN(C)C1CCC1. The van der Waals surface area contributed by atoms with Gasteiger partial charge in [-0.3, -0.25) is 15.1 Å². The first kappa shape index (κ1) is 12.1. The van der Waals surface area contributed by atoms with Crippen molar-refractivity contribution in [2.75, 3.05) is 7.05 Å². The Hall–Kier alpha value is -1.33. The van der Waals surface area contributed by atoms with Crippen LogP contribution in [0.3, 0.4) is 0 Å². The molecule has 0 aliphatic heterocycles. The van der Waals surface area contributed by atoms with Crippen molar-refractivity contribution in [3.05, 3.63) is 23.2 Å². The van der Waals surface area contributed by atoms with E-state index in [9.17, 15) is 4.79 Å². The molecule has 0 bridgehead atoms. The highest BCUT2D eigenvalue weighted by Gasteiger charge is 2.23. The maximum Gasteiger partial charge on any atom is 0.300 e. The maximum atomic E-state index is 11.3. The summed E-state index contributed by atoms with van der Waals surface area (Å²) in [5.74, 6) is 5.76. The number of hydrazine groups is 1. The van der Waals surface area contributed by atoms with Gasteiger partial charge in [0.15, 0.2) is 5.76 Å². The minimum absolute atomic E-state index is 0.280. The maximum absolute atomic E-state index is 11.3. The third kappa shape index (κ3) is 2.50. The number of carbonyl (C=O) groups excluding carboxylic acids is 1. The van der Waals surface area contributed by atoms with Crippen molar-refractivity contribution in [3.8, 4) is 0 Å². The number of nitrogens with one attached hydrogen (secondary N) is 1. The Morgan fingerprint density at radius 1 is 1.65 bits per heavy atom. The number of nitrogens with zero attached hydrogens (tertiary/aromatic N) is 1. The minimum Gasteiger partial charge on any atom is -0.456 e. The second-order valence-electron chi connectivity index (χ2n) is 4.67. The lowest BCUT2D eigenvalue weighted by atomic mass is 9.91. The van der Waals surface area contributed by atoms with Crippen molar-refractivity contribution >= 4 is 5.91 Å². The number of aryl methyl sites for hydroxylation is 1. The van der Waals surface area contributed by atoms with Crippen LogP contribution in [0.2, 0.25) is 0 Å². The van der Waals surface area contributed by atoms with Crippen LogP contribution in [0.5, 0.6) is 0 Å². The van der Waals surface area contributed by atoms with Gasteiger partial charge in [0.25, 0.3) is 0 Å². The molecule has 17 heavy (non-hydrogen) atoms. The van der Waals surface area contributed by atoms with Crippen molar-refractivity contribution in [2.24, 2.45) is 5.84 Å². The number of hydrogen-bond acceptors (Lipinski definition) is 4. The smallest absolute Gasteiger partial charge is 0.300 e. The molecule has 5 heteroatoms. The number of nitrogen functional groups attached to an aromatic ring is 1. The van der Waals surface area contributed by atoms with Gasteiger partial charge >= 0.3 is 5.91 Å². The van der Waals surface area contributed by atoms with Gasteiger partial charge in [0.1, 0.15) is 5.76 Å². The predicted molar refractivity (Wildman–Crippen MR) is 64.2 cm³/mol. The van der Waals surface area contributed by atoms with Gasteiger partial charge in [-0.25, -0.2) is 5.84 Å². The van der Waals surface area contributed by atoms with E-state index in [1.807, 2.05) is 6.92 Å². The normalized spacial score (nSPS) is 16.0. The molecule has 0 aromatic carbocycles. The zero-order valence-electron chi connectivity index (χ0n) is 10.3. The molecule has 0 radical (unpaired) electrons. The Labute approximate surface area is 101 Å². The van der Waals surface area contributed by atoms with E-state index >= 15 is 0 Å². The zero-order valence-corrected chi connectivity index (χ0v) is 10.3. The minimum atomic E-state index is -0.384. The van der Waals surface area contributed by atoms with E-state index in [1.165, 1.54) is 19.3 Å². The van der Waals surface area contributed by atoms with Crippen molar-refractivity contribution in [1.29, 1.82) is 0 Å². The first-order valence-electron chi connectivity index (χ1n) is 5.92. The Morgan fingerprint density at radius 3 is 2.88 bits per heavy atom. The van der Waals surface area contributed by atoms with Crippen molar-refractivity contribution < 1.29 is 9.21 Å².